The number of nitrogens with zero attached hydrogens (tertiary/aromatic N) is 2. The van der Waals surface area contributed by atoms with Crippen molar-refractivity contribution in [2.45, 2.75) is 46.8 Å². The molecular formula is C17H24N2O2. The first kappa shape index (κ1) is 15.7. The van der Waals surface area contributed by atoms with Gasteiger partial charge in [-0.3, -0.25) is 4.79 Å². The Labute approximate surface area is 126 Å². The van der Waals surface area contributed by atoms with Crippen LogP contribution in [-0.4, -0.2) is 27.5 Å². The number of aliphatic hydroxyl groups is 1. The van der Waals surface area contributed by atoms with Crippen molar-refractivity contribution in [2.75, 3.05) is 0 Å². The zero-order valence-electron chi connectivity index (χ0n) is 13.4. The smallest absolute Gasteiger partial charge is 0.276 e. The second kappa shape index (κ2) is 5.26. The molecule has 0 unspecified atom stereocenters. The van der Waals surface area contributed by atoms with E-state index < -0.39 is 11.1 Å². The molecule has 0 saturated heterocycles. The minimum Gasteiger partial charge on any atom is -0.368 e. The molecule has 1 atom stereocenters. The Morgan fingerprint density at radius 2 is 1.86 bits per heavy atom. The average Bonchev–Trinajstić information content (AvgIpc) is 2.78. The van der Waals surface area contributed by atoms with E-state index in [0.717, 1.165) is 5.71 Å². The van der Waals surface area contributed by atoms with Gasteiger partial charge in [-0.1, -0.05) is 52.8 Å². The first-order valence-corrected chi connectivity index (χ1v) is 7.36. The third-order valence-electron chi connectivity index (χ3n) is 4.09. The Morgan fingerprint density at radius 1 is 1.29 bits per heavy atom. The molecule has 1 N–H and O–H groups in total. The Bertz CT molecular complexity index is 558. The minimum atomic E-state index is -1.29. The number of benzene rings is 1. The molecule has 0 bridgehead atoms. The molecule has 4 heteroatoms. The summed E-state index contributed by atoms with van der Waals surface area (Å²) in [6.45, 7) is 9.84. The molecule has 0 radical (unpaired) electrons. The van der Waals surface area contributed by atoms with Gasteiger partial charge in [0.05, 0.1) is 0 Å². The molecule has 0 aromatic heterocycles. The molecule has 114 valence electrons. The van der Waals surface area contributed by atoms with Crippen LogP contribution in [0.1, 0.15) is 51.4 Å². The zero-order valence-corrected chi connectivity index (χ0v) is 13.4. The van der Waals surface area contributed by atoms with Gasteiger partial charge in [0.1, 0.15) is 0 Å². The molecule has 1 aromatic rings. The molecule has 4 nitrogen and oxygen atoms in total. The number of hydrogen-bond acceptors (Lipinski definition) is 3. The Balaban J connectivity index is 2.44. The van der Waals surface area contributed by atoms with Gasteiger partial charge < -0.3 is 5.11 Å². The van der Waals surface area contributed by atoms with Gasteiger partial charge in [0, 0.05) is 23.1 Å². The van der Waals surface area contributed by atoms with Crippen molar-refractivity contribution in [3.63, 3.8) is 0 Å². The van der Waals surface area contributed by atoms with Crippen LogP contribution >= 0.6 is 0 Å². The third-order valence-corrected chi connectivity index (χ3v) is 4.09. The Hall–Kier alpha value is -1.68. The number of carbonyl (C=O) groups is 1. The van der Waals surface area contributed by atoms with Gasteiger partial charge >= 0.3 is 0 Å². The molecule has 0 spiro atoms. The van der Waals surface area contributed by atoms with E-state index in [1.165, 1.54) is 5.01 Å². The summed E-state index contributed by atoms with van der Waals surface area (Å²) < 4.78 is 0. The summed E-state index contributed by atoms with van der Waals surface area (Å²) in [5.41, 5.74) is -0.387. The lowest BCUT2D eigenvalue weighted by Gasteiger charge is -2.41. The number of carbonyl (C=O) groups excluding carboxylic acids is 1. The monoisotopic (exact) mass is 288 g/mol. The Morgan fingerprint density at radius 3 is 2.33 bits per heavy atom. The summed E-state index contributed by atoms with van der Waals surface area (Å²) >= 11 is 0. The van der Waals surface area contributed by atoms with Crippen LogP contribution in [0.2, 0.25) is 0 Å². The highest BCUT2D eigenvalue weighted by Gasteiger charge is 2.52. The molecule has 1 amide bonds. The largest absolute Gasteiger partial charge is 0.368 e. The number of rotatable bonds is 2. The normalized spacial score (nSPS) is 22.6. The lowest BCUT2D eigenvalue weighted by molar-refractivity contribution is -0.143. The summed E-state index contributed by atoms with van der Waals surface area (Å²) in [6.07, 6.45) is 0.396. The highest BCUT2D eigenvalue weighted by atomic mass is 16.3. The van der Waals surface area contributed by atoms with Gasteiger partial charge in [-0.25, -0.2) is 0 Å². The first-order chi connectivity index (χ1) is 9.67. The summed E-state index contributed by atoms with van der Waals surface area (Å²) in [5.74, 6) is -0.0591. The van der Waals surface area contributed by atoms with Gasteiger partial charge in [-0.15, -0.1) is 0 Å². The van der Waals surface area contributed by atoms with Crippen LogP contribution in [0.3, 0.4) is 0 Å². The van der Waals surface area contributed by atoms with Gasteiger partial charge in [0.2, 0.25) is 0 Å². The Kier molecular flexibility index (Phi) is 3.93. The molecule has 1 aromatic carbocycles. The molecule has 1 aliphatic rings. The summed E-state index contributed by atoms with van der Waals surface area (Å²) in [4.78, 5) is 12.7. The van der Waals surface area contributed by atoms with Gasteiger partial charge in [-0.2, -0.15) is 10.1 Å². The summed E-state index contributed by atoms with van der Waals surface area (Å²) in [7, 11) is 0. The maximum atomic E-state index is 12.7. The fourth-order valence-electron chi connectivity index (χ4n) is 2.39. The van der Waals surface area contributed by atoms with E-state index in [0.29, 0.717) is 12.0 Å². The topological polar surface area (TPSA) is 52.9 Å². The van der Waals surface area contributed by atoms with Crippen molar-refractivity contribution in [3.8, 4) is 0 Å². The lowest BCUT2D eigenvalue weighted by atomic mass is 9.79. The van der Waals surface area contributed by atoms with E-state index in [1.807, 2.05) is 52.8 Å². The second-order valence-corrected chi connectivity index (χ2v) is 6.97. The van der Waals surface area contributed by atoms with E-state index >= 15 is 0 Å². The van der Waals surface area contributed by atoms with Gasteiger partial charge in [0.25, 0.3) is 5.91 Å². The van der Waals surface area contributed by atoms with Crippen LogP contribution in [0.5, 0.6) is 0 Å². The highest BCUT2D eigenvalue weighted by molar-refractivity contribution is 5.98. The minimum absolute atomic E-state index is 0.201. The third kappa shape index (κ3) is 2.72. The SMILES string of the molecule is CC(C)C1=NN(C(=O)c2ccccc2)[C@](O)(C(C)(C)C)C1. The number of amides is 1. The molecule has 0 fully saturated rings. The molecule has 0 aliphatic carbocycles. The van der Waals surface area contributed by atoms with Crippen LogP contribution in [-0.2, 0) is 0 Å². The van der Waals surface area contributed by atoms with Crippen molar-refractivity contribution in [3.05, 3.63) is 35.9 Å². The van der Waals surface area contributed by atoms with Crippen molar-refractivity contribution in [1.29, 1.82) is 0 Å². The summed E-state index contributed by atoms with van der Waals surface area (Å²) in [6, 6.07) is 8.97. The van der Waals surface area contributed by atoms with Gasteiger partial charge in [0.15, 0.2) is 5.72 Å². The van der Waals surface area contributed by atoms with E-state index in [2.05, 4.69) is 5.10 Å². The molecule has 1 heterocycles. The van der Waals surface area contributed by atoms with Crippen molar-refractivity contribution >= 4 is 11.6 Å². The maximum Gasteiger partial charge on any atom is 0.276 e. The van der Waals surface area contributed by atoms with Crippen molar-refractivity contribution < 1.29 is 9.90 Å². The van der Waals surface area contributed by atoms with Gasteiger partial charge in [-0.05, 0) is 18.1 Å². The van der Waals surface area contributed by atoms with E-state index in [9.17, 15) is 9.90 Å². The predicted octanol–water partition coefficient (Wildman–Crippen LogP) is 3.28. The summed E-state index contributed by atoms with van der Waals surface area (Å²) in [5, 5.41) is 16.8. The highest BCUT2D eigenvalue weighted by Crippen LogP contribution is 2.42. The van der Waals surface area contributed by atoms with Crippen LogP contribution in [0.25, 0.3) is 0 Å². The second-order valence-electron chi connectivity index (χ2n) is 6.97. The van der Waals surface area contributed by atoms with Crippen LogP contribution in [0.15, 0.2) is 35.4 Å². The zero-order chi connectivity index (χ0) is 15.8. The first-order valence-electron chi connectivity index (χ1n) is 7.36. The van der Waals surface area contributed by atoms with Crippen LogP contribution in [0, 0.1) is 11.3 Å². The van der Waals surface area contributed by atoms with Crippen LogP contribution < -0.4 is 0 Å². The van der Waals surface area contributed by atoms with E-state index in [1.54, 1.807) is 12.1 Å². The predicted molar refractivity (Wildman–Crippen MR) is 83.9 cm³/mol. The standard InChI is InChI=1S/C17H24N2O2/c1-12(2)14-11-17(21,16(3,4)5)19(18-14)15(20)13-9-7-6-8-10-13/h6-10,12,21H,11H2,1-5H3/t17-/m1/s1. The molecule has 2 rings (SSSR count). The van der Waals surface area contributed by atoms with Crippen molar-refractivity contribution in [1.82, 2.24) is 5.01 Å². The number of hydrogen-bond donors (Lipinski definition) is 1. The number of hydrazone groups is 1. The van der Waals surface area contributed by atoms with Crippen molar-refractivity contribution in [2.24, 2.45) is 16.4 Å². The molecule has 21 heavy (non-hydrogen) atoms. The molecule has 1 aliphatic heterocycles. The van der Waals surface area contributed by atoms with Crippen LogP contribution in [0.4, 0.5) is 0 Å². The van der Waals surface area contributed by atoms with E-state index in [-0.39, 0.29) is 11.8 Å². The van der Waals surface area contributed by atoms with E-state index in [4.69, 9.17) is 0 Å². The quantitative estimate of drug-likeness (QED) is 0.908. The molecule has 0 saturated carbocycles. The lowest BCUT2D eigenvalue weighted by Crippen LogP contribution is -2.55. The average molecular weight is 288 g/mol. The fourth-order valence-corrected chi connectivity index (χ4v) is 2.39. The maximum absolute atomic E-state index is 12.7. The molecular weight excluding hydrogens is 264 g/mol. The fraction of sp³-hybridized carbons (Fsp3) is 0.529.